The number of aliphatic hydroxyl groups excluding tert-OH is 1. The van der Waals surface area contributed by atoms with Gasteiger partial charge in [-0.3, -0.25) is 9.59 Å². The summed E-state index contributed by atoms with van der Waals surface area (Å²) in [5, 5.41) is 13.5. The van der Waals surface area contributed by atoms with Gasteiger partial charge in [-0.15, -0.1) is 11.3 Å². The summed E-state index contributed by atoms with van der Waals surface area (Å²) >= 11 is 7.55. The predicted octanol–water partition coefficient (Wildman–Crippen LogP) is 5.42. The summed E-state index contributed by atoms with van der Waals surface area (Å²) in [4.78, 5) is 28.4. The summed E-state index contributed by atoms with van der Waals surface area (Å²) in [6.45, 7) is 2.68. The quantitative estimate of drug-likeness (QED) is 0.307. The molecule has 1 unspecified atom stereocenters. The highest BCUT2D eigenvalue weighted by atomic mass is 35.5. The number of carbonyl (C=O) groups is 2. The van der Waals surface area contributed by atoms with Crippen molar-refractivity contribution in [3.63, 3.8) is 0 Å². The average molecular weight is 454 g/mol. The maximum atomic E-state index is 13.0. The van der Waals surface area contributed by atoms with Crippen LogP contribution >= 0.6 is 22.9 Å². The van der Waals surface area contributed by atoms with Gasteiger partial charge in [-0.2, -0.15) is 0 Å². The molecular weight excluding hydrogens is 434 g/mol. The molecule has 1 saturated heterocycles. The van der Waals surface area contributed by atoms with Crippen LogP contribution in [0.4, 0.5) is 0 Å². The summed E-state index contributed by atoms with van der Waals surface area (Å²) in [7, 11) is 0. The van der Waals surface area contributed by atoms with Gasteiger partial charge in [-0.1, -0.05) is 29.8 Å². The van der Waals surface area contributed by atoms with Crippen molar-refractivity contribution < 1.29 is 19.4 Å². The topological polar surface area (TPSA) is 66.8 Å². The van der Waals surface area contributed by atoms with Crippen molar-refractivity contribution >= 4 is 40.4 Å². The predicted molar refractivity (Wildman–Crippen MR) is 121 cm³/mol. The van der Waals surface area contributed by atoms with Gasteiger partial charge in [-0.05, 0) is 60.3 Å². The molecule has 0 radical (unpaired) electrons. The SMILES string of the molecule is CCOc1ccc(/C(O)=C2\C(=O)C(=O)N(Cc3cccs3)C2c2ccc(Cl)cc2)cc1. The molecule has 7 heteroatoms. The van der Waals surface area contributed by atoms with Crippen LogP contribution in [0.2, 0.25) is 5.02 Å². The number of aliphatic hydroxyl groups is 1. The number of benzene rings is 2. The van der Waals surface area contributed by atoms with Crippen molar-refractivity contribution in [3.05, 3.63) is 92.6 Å². The molecule has 0 spiro atoms. The number of thiophene rings is 1. The van der Waals surface area contributed by atoms with E-state index in [1.54, 1.807) is 48.5 Å². The van der Waals surface area contributed by atoms with Gasteiger partial charge in [0, 0.05) is 15.5 Å². The Morgan fingerprint density at radius 3 is 2.42 bits per heavy atom. The Bertz CT molecular complexity index is 1120. The summed E-state index contributed by atoms with van der Waals surface area (Å²) in [5.74, 6) is -0.898. The number of halogens is 1. The molecule has 2 aromatic carbocycles. The average Bonchev–Trinajstić information content (AvgIpc) is 3.37. The van der Waals surface area contributed by atoms with Gasteiger partial charge in [0.1, 0.15) is 11.5 Å². The minimum atomic E-state index is -0.717. The number of hydrogen-bond donors (Lipinski definition) is 1. The van der Waals surface area contributed by atoms with Crippen molar-refractivity contribution in [2.75, 3.05) is 6.61 Å². The number of ketones is 1. The van der Waals surface area contributed by atoms with Crippen molar-refractivity contribution in [1.29, 1.82) is 0 Å². The van der Waals surface area contributed by atoms with Crippen molar-refractivity contribution in [3.8, 4) is 5.75 Å². The maximum absolute atomic E-state index is 13.0. The zero-order valence-electron chi connectivity index (χ0n) is 16.7. The van der Waals surface area contributed by atoms with Gasteiger partial charge in [0.15, 0.2) is 0 Å². The number of ether oxygens (including phenoxy) is 1. The first-order chi connectivity index (χ1) is 15.0. The Balaban J connectivity index is 1.81. The third kappa shape index (κ3) is 4.22. The smallest absolute Gasteiger partial charge is 0.295 e. The van der Waals surface area contributed by atoms with Gasteiger partial charge in [0.2, 0.25) is 0 Å². The van der Waals surface area contributed by atoms with Crippen LogP contribution in [0.25, 0.3) is 5.76 Å². The Morgan fingerprint density at radius 2 is 1.81 bits per heavy atom. The van der Waals surface area contributed by atoms with Gasteiger partial charge in [0.25, 0.3) is 11.7 Å². The Morgan fingerprint density at radius 1 is 1.10 bits per heavy atom. The zero-order valence-corrected chi connectivity index (χ0v) is 18.3. The van der Waals surface area contributed by atoms with E-state index in [4.69, 9.17) is 16.3 Å². The molecule has 4 rings (SSSR count). The van der Waals surface area contributed by atoms with E-state index in [0.717, 1.165) is 4.88 Å². The van der Waals surface area contributed by atoms with E-state index in [-0.39, 0.29) is 17.9 Å². The first-order valence-electron chi connectivity index (χ1n) is 9.79. The Hall–Kier alpha value is -3.09. The minimum absolute atomic E-state index is 0.0630. The first-order valence-corrected chi connectivity index (χ1v) is 11.0. The molecule has 158 valence electrons. The van der Waals surface area contributed by atoms with Crippen LogP contribution in [-0.4, -0.2) is 28.3 Å². The van der Waals surface area contributed by atoms with Crippen LogP contribution in [0.15, 0.2) is 71.6 Å². The second-order valence-electron chi connectivity index (χ2n) is 7.02. The van der Waals surface area contributed by atoms with Crippen molar-refractivity contribution in [1.82, 2.24) is 4.90 Å². The van der Waals surface area contributed by atoms with Crippen LogP contribution in [-0.2, 0) is 16.1 Å². The number of nitrogens with zero attached hydrogens (tertiary/aromatic N) is 1. The van der Waals surface area contributed by atoms with Crippen LogP contribution in [0.5, 0.6) is 5.75 Å². The van der Waals surface area contributed by atoms with E-state index in [9.17, 15) is 14.7 Å². The van der Waals surface area contributed by atoms with E-state index in [2.05, 4.69) is 0 Å². The van der Waals surface area contributed by atoms with Gasteiger partial charge in [-0.25, -0.2) is 0 Å². The largest absolute Gasteiger partial charge is 0.507 e. The van der Waals surface area contributed by atoms with E-state index >= 15 is 0 Å². The molecule has 0 saturated carbocycles. The van der Waals surface area contributed by atoms with E-state index in [1.165, 1.54) is 16.2 Å². The molecular formula is C24H20ClNO4S. The highest BCUT2D eigenvalue weighted by Gasteiger charge is 2.46. The number of rotatable bonds is 6. The molecule has 1 fully saturated rings. The molecule has 1 aliphatic heterocycles. The highest BCUT2D eigenvalue weighted by molar-refractivity contribution is 7.09. The molecule has 31 heavy (non-hydrogen) atoms. The zero-order chi connectivity index (χ0) is 22.0. The van der Waals surface area contributed by atoms with Crippen molar-refractivity contribution in [2.24, 2.45) is 0 Å². The molecule has 3 aromatic rings. The monoisotopic (exact) mass is 453 g/mol. The van der Waals surface area contributed by atoms with Crippen LogP contribution < -0.4 is 4.74 Å². The van der Waals surface area contributed by atoms with Crippen LogP contribution in [0.1, 0.15) is 29.0 Å². The van der Waals surface area contributed by atoms with E-state index in [1.807, 2.05) is 24.4 Å². The fourth-order valence-electron chi connectivity index (χ4n) is 3.64. The van der Waals surface area contributed by atoms with Gasteiger partial charge >= 0.3 is 0 Å². The molecule has 5 nitrogen and oxygen atoms in total. The minimum Gasteiger partial charge on any atom is -0.507 e. The third-order valence-corrected chi connectivity index (χ3v) is 6.18. The summed E-state index contributed by atoms with van der Waals surface area (Å²) in [6.07, 6.45) is 0. The number of carbonyl (C=O) groups excluding carboxylic acids is 2. The number of amides is 1. The first kappa shape index (κ1) is 21.2. The molecule has 2 heterocycles. The normalized spacial score (nSPS) is 17.9. The summed E-state index contributed by atoms with van der Waals surface area (Å²) in [5.41, 5.74) is 1.21. The molecule has 1 amide bonds. The van der Waals surface area contributed by atoms with E-state index < -0.39 is 17.7 Å². The lowest BCUT2D eigenvalue weighted by Crippen LogP contribution is -2.28. The molecule has 1 N–H and O–H groups in total. The van der Waals surface area contributed by atoms with Gasteiger partial charge in [0.05, 0.1) is 24.8 Å². The fourth-order valence-corrected chi connectivity index (χ4v) is 4.47. The number of Topliss-reactive ketones (excluding diaryl/α,β-unsaturated/α-hetero) is 1. The standard InChI is InChI=1S/C24H20ClNO4S/c1-2-30-18-11-7-16(8-12-18)22(27)20-21(15-5-9-17(25)10-6-15)26(24(29)23(20)28)14-19-4-3-13-31-19/h3-13,21,27H,2,14H2,1H3/b22-20+. The highest BCUT2D eigenvalue weighted by Crippen LogP contribution is 2.41. The van der Waals surface area contributed by atoms with E-state index in [0.29, 0.717) is 28.5 Å². The summed E-state index contributed by atoms with van der Waals surface area (Å²) in [6, 6.07) is 16.8. The Labute approximate surface area is 189 Å². The number of likely N-dealkylation sites (tertiary alicyclic amines) is 1. The Kier molecular flexibility index (Phi) is 6.11. The van der Waals surface area contributed by atoms with Gasteiger partial charge < -0.3 is 14.7 Å². The molecule has 1 atom stereocenters. The lowest BCUT2D eigenvalue weighted by Gasteiger charge is -2.25. The third-order valence-electron chi connectivity index (χ3n) is 5.07. The summed E-state index contributed by atoms with van der Waals surface area (Å²) < 4.78 is 5.44. The van der Waals surface area contributed by atoms with Crippen LogP contribution in [0.3, 0.4) is 0 Å². The van der Waals surface area contributed by atoms with Crippen molar-refractivity contribution in [2.45, 2.75) is 19.5 Å². The van der Waals surface area contributed by atoms with Crippen LogP contribution in [0, 0.1) is 0 Å². The lowest BCUT2D eigenvalue weighted by molar-refractivity contribution is -0.140. The fraction of sp³-hybridized carbons (Fsp3) is 0.167. The molecule has 1 aromatic heterocycles. The molecule has 0 bridgehead atoms. The maximum Gasteiger partial charge on any atom is 0.295 e. The second-order valence-corrected chi connectivity index (χ2v) is 8.48. The molecule has 0 aliphatic carbocycles. The second kappa shape index (κ2) is 8.96. The number of hydrogen-bond acceptors (Lipinski definition) is 5. The molecule has 1 aliphatic rings. The lowest BCUT2D eigenvalue weighted by atomic mass is 9.95.